The minimum atomic E-state index is -0.106. The Hall–Kier alpha value is -2.35. The summed E-state index contributed by atoms with van der Waals surface area (Å²) in [6, 6.07) is 0.351. The lowest BCUT2D eigenvalue weighted by atomic mass is 10.2. The number of carbonyl (C=O) groups excluding carboxylic acids is 1. The number of hydrogen-bond acceptors (Lipinski definition) is 6. The molecule has 0 bridgehead atoms. The number of carbonyl (C=O) groups is 1. The van der Waals surface area contributed by atoms with E-state index in [0.29, 0.717) is 36.4 Å². The van der Waals surface area contributed by atoms with Crippen molar-refractivity contribution in [1.82, 2.24) is 24.5 Å². The van der Waals surface area contributed by atoms with E-state index in [2.05, 4.69) is 26.8 Å². The lowest BCUT2D eigenvalue weighted by Crippen LogP contribution is -2.48. The molecule has 0 aliphatic carbocycles. The van der Waals surface area contributed by atoms with E-state index < -0.39 is 0 Å². The Balaban J connectivity index is 1.40. The van der Waals surface area contributed by atoms with Crippen LogP contribution in [0.5, 0.6) is 0 Å². The molecule has 1 aromatic rings. The van der Waals surface area contributed by atoms with Gasteiger partial charge in [0, 0.05) is 51.5 Å². The summed E-state index contributed by atoms with van der Waals surface area (Å²) in [5.41, 5.74) is 0.337. The van der Waals surface area contributed by atoms with Crippen LogP contribution in [-0.2, 0) is 6.54 Å². The second-order valence-corrected chi connectivity index (χ2v) is 7.32. The molecule has 8 nitrogen and oxygen atoms in total. The van der Waals surface area contributed by atoms with E-state index in [-0.39, 0.29) is 5.91 Å². The van der Waals surface area contributed by atoms with E-state index in [0.717, 1.165) is 37.7 Å². The smallest absolute Gasteiger partial charge is 0.276 e. The SMILES string of the molecule is CC[C@@H]1CN2C=NC(N3CCN(C(=O)c4nn(CC)cc4Cl)CC3)=CC2=N1. The quantitative estimate of drug-likeness (QED) is 0.785. The van der Waals surface area contributed by atoms with Crippen molar-refractivity contribution >= 4 is 29.7 Å². The molecular formula is C18H24ClN7O. The number of piperazine rings is 1. The van der Waals surface area contributed by atoms with Crippen LogP contribution in [0.1, 0.15) is 30.8 Å². The van der Waals surface area contributed by atoms with Crippen LogP contribution in [0.4, 0.5) is 0 Å². The van der Waals surface area contributed by atoms with Gasteiger partial charge in [0.15, 0.2) is 5.69 Å². The molecule has 3 aliphatic heterocycles. The van der Waals surface area contributed by atoms with E-state index in [4.69, 9.17) is 16.6 Å². The second-order valence-electron chi connectivity index (χ2n) is 6.91. The first-order valence-electron chi connectivity index (χ1n) is 9.46. The average Bonchev–Trinajstić information content (AvgIpc) is 3.29. The molecule has 1 aromatic heterocycles. The van der Waals surface area contributed by atoms with E-state index in [1.807, 2.05) is 24.2 Å². The van der Waals surface area contributed by atoms with Gasteiger partial charge in [-0.25, -0.2) is 4.99 Å². The minimum absolute atomic E-state index is 0.106. The van der Waals surface area contributed by atoms with E-state index in [1.54, 1.807) is 10.9 Å². The zero-order valence-electron chi connectivity index (χ0n) is 15.7. The van der Waals surface area contributed by atoms with Crippen LogP contribution in [0.2, 0.25) is 5.02 Å². The Labute approximate surface area is 163 Å². The first kappa shape index (κ1) is 18.0. The summed E-state index contributed by atoms with van der Waals surface area (Å²) < 4.78 is 1.69. The summed E-state index contributed by atoms with van der Waals surface area (Å²) in [4.78, 5) is 28.2. The molecule has 0 unspecified atom stereocenters. The number of amides is 1. The zero-order chi connectivity index (χ0) is 19.0. The Morgan fingerprint density at radius 2 is 2.04 bits per heavy atom. The van der Waals surface area contributed by atoms with Crippen molar-refractivity contribution in [1.29, 1.82) is 0 Å². The molecule has 0 radical (unpaired) electrons. The van der Waals surface area contributed by atoms with Gasteiger partial charge in [-0.2, -0.15) is 5.10 Å². The van der Waals surface area contributed by atoms with Crippen LogP contribution in [0.25, 0.3) is 0 Å². The molecule has 0 spiro atoms. The molecule has 144 valence electrons. The Morgan fingerprint density at radius 1 is 1.26 bits per heavy atom. The number of aliphatic imine (C=N–C) groups is 2. The van der Waals surface area contributed by atoms with Gasteiger partial charge in [-0.1, -0.05) is 18.5 Å². The molecule has 0 N–H and O–H groups in total. The number of halogens is 1. The maximum atomic E-state index is 12.7. The van der Waals surface area contributed by atoms with Crippen molar-refractivity contribution in [2.24, 2.45) is 9.98 Å². The first-order valence-corrected chi connectivity index (χ1v) is 9.84. The van der Waals surface area contributed by atoms with Gasteiger partial charge in [0.05, 0.1) is 17.4 Å². The van der Waals surface area contributed by atoms with Crippen LogP contribution < -0.4 is 0 Å². The highest BCUT2D eigenvalue weighted by Crippen LogP contribution is 2.21. The molecule has 9 heteroatoms. The topological polar surface area (TPSA) is 69.3 Å². The number of aryl methyl sites for hydroxylation is 1. The number of rotatable bonds is 4. The Kier molecular flexibility index (Phi) is 4.90. The van der Waals surface area contributed by atoms with Gasteiger partial charge in [-0.3, -0.25) is 14.5 Å². The Morgan fingerprint density at radius 3 is 2.70 bits per heavy atom. The fourth-order valence-electron chi connectivity index (χ4n) is 3.52. The third-order valence-electron chi connectivity index (χ3n) is 5.21. The number of aromatic nitrogens is 2. The molecule has 1 atom stereocenters. The van der Waals surface area contributed by atoms with Gasteiger partial charge in [0.1, 0.15) is 11.7 Å². The molecule has 4 rings (SSSR count). The zero-order valence-corrected chi connectivity index (χ0v) is 16.4. The van der Waals surface area contributed by atoms with Gasteiger partial charge < -0.3 is 14.7 Å². The minimum Gasteiger partial charge on any atom is -0.353 e. The van der Waals surface area contributed by atoms with Crippen molar-refractivity contribution in [3.05, 3.63) is 28.8 Å². The summed E-state index contributed by atoms with van der Waals surface area (Å²) in [7, 11) is 0. The van der Waals surface area contributed by atoms with Gasteiger partial charge in [0.2, 0.25) is 0 Å². The van der Waals surface area contributed by atoms with Crippen molar-refractivity contribution in [2.45, 2.75) is 32.9 Å². The van der Waals surface area contributed by atoms with E-state index in [9.17, 15) is 4.79 Å². The lowest BCUT2D eigenvalue weighted by Gasteiger charge is -2.36. The monoisotopic (exact) mass is 389 g/mol. The summed E-state index contributed by atoms with van der Waals surface area (Å²) in [5, 5.41) is 4.70. The number of hydrogen-bond donors (Lipinski definition) is 0. The van der Waals surface area contributed by atoms with Crippen molar-refractivity contribution in [3.8, 4) is 0 Å². The third kappa shape index (κ3) is 3.45. The third-order valence-corrected chi connectivity index (χ3v) is 5.49. The molecular weight excluding hydrogens is 366 g/mol. The number of nitrogens with zero attached hydrogens (tertiary/aromatic N) is 7. The standard InChI is InChI=1S/C18H24ClN7O/c1-3-13-10-25-12-20-15(9-16(25)21-13)23-5-7-24(8-6-23)18(27)17-14(19)11-26(4-2)22-17/h9,11-13H,3-8,10H2,1-2H3/t13-/m1/s1. The molecule has 4 heterocycles. The molecule has 1 amide bonds. The maximum Gasteiger partial charge on any atom is 0.276 e. The normalized spacial score (nSPS) is 22.0. The van der Waals surface area contributed by atoms with Gasteiger partial charge in [-0.05, 0) is 13.3 Å². The fraction of sp³-hybridized carbons (Fsp3) is 0.556. The Bertz CT molecular complexity index is 820. The lowest BCUT2D eigenvalue weighted by molar-refractivity contribution is 0.0662. The van der Waals surface area contributed by atoms with Crippen molar-refractivity contribution in [3.63, 3.8) is 0 Å². The van der Waals surface area contributed by atoms with Gasteiger partial charge >= 0.3 is 0 Å². The largest absolute Gasteiger partial charge is 0.353 e. The first-order chi connectivity index (χ1) is 13.1. The van der Waals surface area contributed by atoms with Crippen LogP contribution in [0.3, 0.4) is 0 Å². The molecule has 27 heavy (non-hydrogen) atoms. The second kappa shape index (κ2) is 7.34. The highest BCUT2D eigenvalue weighted by atomic mass is 35.5. The number of fused-ring (bicyclic) bond motifs is 1. The van der Waals surface area contributed by atoms with Crippen molar-refractivity contribution < 1.29 is 4.79 Å². The maximum absolute atomic E-state index is 12.7. The predicted molar refractivity (Wildman–Crippen MR) is 105 cm³/mol. The van der Waals surface area contributed by atoms with Gasteiger partial charge in [-0.15, -0.1) is 0 Å². The average molecular weight is 390 g/mol. The van der Waals surface area contributed by atoms with Crippen LogP contribution in [0, 0.1) is 0 Å². The van der Waals surface area contributed by atoms with Crippen LogP contribution in [0.15, 0.2) is 28.1 Å². The fourth-order valence-corrected chi connectivity index (χ4v) is 3.75. The van der Waals surface area contributed by atoms with Crippen molar-refractivity contribution in [2.75, 3.05) is 32.7 Å². The summed E-state index contributed by atoms with van der Waals surface area (Å²) >= 11 is 6.18. The highest BCUT2D eigenvalue weighted by molar-refractivity contribution is 6.33. The predicted octanol–water partition coefficient (Wildman–Crippen LogP) is 1.69. The molecule has 1 fully saturated rings. The number of amidine groups is 1. The summed E-state index contributed by atoms with van der Waals surface area (Å²) in [5.74, 6) is 1.80. The van der Waals surface area contributed by atoms with E-state index in [1.165, 1.54) is 0 Å². The highest BCUT2D eigenvalue weighted by Gasteiger charge is 2.29. The molecule has 3 aliphatic rings. The molecule has 0 aromatic carbocycles. The van der Waals surface area contributed by atoms with Crippen LogP contribution >= 0.6 is 11.6 Å². The summed E-state index contributed by atoms with van der Waals surface area (Å²) in [6.45, 7) is 8.41. The van der Waals surface area contributed by atoms with Crippen LogP contribution in [-0.4, -0.2) is 81.3 Å². The molecule has 0 saturated carbocycles. The summed E-state index contributed by atoms with van der Waals surface area (Å²) in [6.07, 6.45) is 6.66. The molecule has 1 saturated heterocycles. The van der Waals surface area contributed by atoms with E-state index >= 15 is 0 Å². The van der Waals surface area contributed by atoms with Gasteiger partial charge in [0.25, 0.3) is 5.91 Å².